The van der Waals surface area contributed by atoms with E-state index in [2.05, 4.69) is 40.2 Å². The van der Waals surface area contributed by atoms with Crippen LogP contribution in [0.1, 0.15) is 40.7 Å². The van der Waals surface area contributed by atoms with Crippen LogP contribution in [0.2, 0.25) is 0 Å². The van der Waals surface area contributed by atoms with Crippen LogP contribution in [0.15, 0.2) is 42.5 Å². The van der Waals surface area contributed by atoms with Crippen molar-refractivity contribution in [3.05, 3.63) is 70.5 Å². The predicted molar refractivity (Wildman–Crippen MR) is 84.4 cm³/mol. The monoisotopic (exact) mass is 346 g/mol. The molecule has 0 bridgehead atoms. The second kappa shape index (κ2) is 5.22. The van der Waals surface area contributed by atoms with Gasteiger partial charge in [0, 0.05) is 11.2 Å². The van der Waals surface area contributed by atoms with Gasteiger partial charge in [-0.3, -0.25) is 0 Å². The van der Waals surface area contributed by atoms with Gasteiger partial charge < -0.3 is 4.74 Å². The molecule has 0 radical (unpaired) electrons. The van der Waals surface area contributed by atoms with Gasteiger partial charge in [-0.25, -0.2) is 4.39 Å². The third kappa shape index (κ3) is 2.23. The Kier molecular flexibility index (Phi) is 3.35. The maximum atomic E-state index is 13.7. The van der Waals surface area contributed by atoms with Crippen molar-refractivity contribution in [2.45, 2.75) is 31.0 Å². The van der Waals surface area contributed by atoms with Crippen LogP contribution >= 0.6 is 15.9 Å². The number of ether oxygens (including phenoxy) is 1. The molecule has 0 spiro atoms. The lowest BCUT2D eigenvalue weighted by atomic mass is 9.87. The molecule has 0 N–H and O–H groups in total. The Hall–Kier alpha value is -1.19. The Balaban J connectivity index is 1.90. The molecule has 0 saturated carbocycles. The van der Waals surface area contributed by atoms with Gasteiger partial charge in [0.1, 0.15) is 5.82 Å². The largest absolute Gasteiger partial charge is 0.369 e. The molecule has 4 rings (SSSR count). The smallest absolute Gasteiger partial charge is 0.123 e. The van der Waals surface area contributed by atoms with E-state index in [1.165, 1.54) is 16.7 Å². The maximum Gasteiger partial charge on any atom is 0.123 e. The predicted octanol–water partition coefficient (Wildman–Crippen LogP) is 4.74. The minimum Gasteiger partial charge on any atom is -0.369 e. The van der Waals surface area contributed by atoms with Crippen molar-refractivity contribution in [2.75, 3.05) is 5.33 Å². The van der Waals surface area contributed by atoms with Gasteiger partial charge in [-0.05, 0) is 47.2 Å². The van der Waals surface area contributed by atoms with Gasteiger partial charge in [0.25, 0.3) is 0 Å². The third-order valence-corrected chi connectivity index (χ3v) is 5.37. The van der Waals surface area contributed by atoms with E-state index < -0.39 is 0 Å². The number of benzene rings is 2. The molecule has 2 aliphatic rings. The van der Waals surface area contributed by atoms with E-state index in [1.807, 2.05) is 6.07 Å². The highest BCUT2D eigenvalue weighted by Crippen LogP contribution is 2.49. The Labute approximate surface area is 132 Å². The molecule has 21 heavy (non-hydrogen) atoms. The standard InChI is InChI=1S/C18H16BrFO/c19-10-14-9-17-15-4-2-1-3-11(15)7-12-5-6-13(20)8-16(12)18(17)21-14/h1-6,8,14,17-18H,7,9-10H2/t14-,17-,18-/m0/s1. The Morgan fingerprint density at radius 1 is 1.10 bits per heavy atom. The lowest BCUT2D eigenvalue weighted by Gasteiger charge is -2.19. The Morgan fingerprint density at radius 3 is 2.76 bits per heavy atom. The zero-order valence-electron chi connectivity index (χ0n) is 11.6. The van der Waals surface area contributed by atoms with Crippen molar-refractivity contribution in [3.63, 3.8) is 0 Å². The van der Waals surface area contributed by atoms with Crippen molar-refractivity contribution < 1.29 is 9.13 Å². The van der Waals surface area contributed by atoms with E-state index in [1.54, 1.807) is 12.1 Å². The van der Waals surface area contributed by atoms with E-state index in [0.717, 1.165) is 23.7 Å². The second-order valence-corrected chi connectivity index (χ2v) is 6.54. The summed E-state index contributed by atoms with van der Waals surface area (Å²) in [5, 5.41) is 0.826. The number of hydrogen-bond donors (Lipinski definition) is 0. The topological polar surface area (TPSA) is 9.23 Å². The fourth-order valence-electron chi connectivity index (χ4n) is 3.70. The van der Waals surface area contributed by atoms with Crippen LogP contribution in [-0.4, -0.2) is 11.4 Å². The van der Waals surface area contributed by atoms with Crippen LogP contribution in [0.5, 0.6) is 0 Å². The van der Waals surface area contributed by atoms with E-state index in [0.29, 0.717) is 5.92 Å². The molecule has 2 aromatic carbocycles. The van der Waals surface area contributed by atoms with Gasteiger partial charge in [0.15, 0.2) is 0 Å². The van der Waals surface area contributed by atoms with Gasteiger partial charge in [0.2, 0.25) is 0 Å². The highest BCUT2D eigenvalue weighted by atomic mass is 79.9. The lowest BCUT2D eigenvalue weighted by Crippen LogP contribution is -2.09. The number of fused-ring (bicyclic) bond motifs is 5. The molecule has 1 aliphatic carbocycles. The first-order chi connectivity index (χ1) is 10.3. The summed E-state index contributed by atoms with van der Waals surface area (Å²) in [4.78, 5) is 0. The summed E-state index contributed by atoms with van der Waals surface area (Å²) in [5.74, 6) is 0.149. The van der Waals surface area contributed by atoms with Crippen molar-refractivity contribution >= 4 is 15.9 Å². The average Bonchev–Trinajstić information content (AvgIpc) is 2.89. The fourth-order valence-corrected chi connectivity index (χ4v) is 4.11. The summed E-state index contributed by atoms with van der Waals surface area (Å²) in [6.07, 6.45) is 2.02. The number of rotatable bonds is 1. The maximum absolute atomic E-state index is 13.7. The fraction of sp³-hybridized carbons (Fsp3) is 0.333. The van der Waals surface area contributed by atoms with Crippen molar-refractivity contribution in [1.82, 2.24) is 0 Å². The minimum absolute atomic E-state index is 0.0260. The van der Waals surface area contributed by atoms with Crippen LogP contribution in [0, 0.1) is 5.82 Å². The molecule has 2 aromatic rings. The Morgan fingerprint density at radius 2 is 1.90 bits per heavy atom. The number of halogens is 2. The van der Waals surface area contributed by atoms with Crippen LogP contribution in [-0.2, 0) is 11.2 Å². The zero-order valence-corrected chi connectivity index (χ0v) is 13.1. The van der Waals surface area contributed by atoms with E-state index in [4.69, 9.17) is 4.74 Å². The van der Waals surface area contributed by atoms with Crippen molar-refractivity contribution in [1.29, 1.82) is 0 Å². The summed E-state index contributed by atoms with van der Waals surface area (Å²) < 4.78 is 19.9. The first-order valence-corrected chi connectivity index (χ1v) is 8.46. The van der Waals surface area contributed by atoms with E-state index in [-0.39, 0.29) is 18.0 Å². The summed E-state index contributed by atoms with van der Waals surface area (Å²) >= 11 is 3.52. The summed E-state index contributed by atoms with van der Waals surface area (Å²) in [7, 11) is 0. The van der Waals surface area contributed by atoms with Gasteiger partial charge >= 0.3 is 0 Å². The zero-order chi connectivity index (χ0) is 14.4. The van der Waals surface area contributed by atoms with Crippen molar-refractivity contribution in [2.24, 2.45) is 0 Å². The molecule has 1 fully saturated rings. The molecule has 1 heterocycles. The minimum atomic E-state index is -0.177. The van der Waals surface area contributed by atoms with Crippen LogP contribution in [0.3, 0.4) is 0 Å². The Bertz CT molecular complexity index is 685. The quantitative estimate of drug-likeness (QED) is 0.677. The van der Waals surface area contributed by atoms with Gasteiger partial charge in [-0.15, -0.1) is 0 Å². The molecule has 1 aliphatic heterocycles. The number of alkyl halides is 1. The first-order valence-electron chi connectivity index (χ1n) is 7.34. The molecule has 3 atom stereocenters. The molecule has 1 saturated heterocycles. The first kappa shape index (κ1) is 13.5. The second-order valence-electron chi connectivity index (χ2n) is 5.89. The normalized spacial score (nSPS) is 26.7. The van der Waals surface area contributed by atoms with Crippen molar-refractivity contribution in [3.8, 4) is 0 Å². The number of hydrogen-bond acceptors (Lipinski definition) is 1. The molecule has 0 aromatic heterocycles. The summed E-state index contributed by atoms with van der Waals surface area (Å²) in [6.45, 7) is 0. The molecule has 3 heteroatoms. The highest BCUT2D eigenvalue weighted by molar-refractivity contribution is 9.09. The summed E-state index contributed by atoms with van der Waals surface area (Å²) in [6, 6.07) is 13.7. The van der Waals surface area contributed by atoms with Gasteiger partial charge in [-0.1, -0.05) is 46.3 Å². The van der Waals surface area contributed by atoms with Gasteiger partial charge in [-0.2, -0.15) is 0 Å². The molecular weight excluding hydrogens is 331 g/mol. The van der Waals surface area contributed by atoms with E-state index in [9.17, 15) is 4.39 Å². The molecule has 108 valence electrons. The summed E-state index contributed by atoms with van der Waals surface area (Å²) in [5.41, 5.74) is 4.92. The molecule has 1 nitrogen and oxygen atoms in total. The average molecular weight is 347 g/mol. The molecular formula is C18H16BrFO. The van der Waals surface area contributed by atoms with E-state index >= 15 is 0 Å². The van der Waals surface area contributed by atoms with Crippen LogP contribution in [0.25, 0.3) is 0 Å². The third-order valence-electron chi connectivity index (χ3n) is 4.64. The molecule has 0 unspecified atom stereocenters. The van der Waals surface area contributed by atoms with Gasteiger partial charge in [0.05, 0.1) is 12.2 Å². The van der Waals surface area contributed by atoms with Crippen LogP contribution in [0.4, 0.5) is 4.39 Å². The lowest BCUT2D eigenvalue weighted by molar-refractivity contribution is 0.0539. The molecule has 0 amide bonds. The van der Waals surface area contributed by atoms with Crippen LogP contribution < -0.4 is 0 Å². The SMILES string of the molecule is Fc1ccc2c(c1)[C@@H]1O[C@H](CBr)C[C@H]1c1ccccc1C2. The highest BCUT2D eigenvalue weighted by Gasteiger charge is 2.40.